The Hall–Kier alpha value is -2.38. The van der Waals surface area contributed by atoms with E-state index in [4.69, 9.17) is 0 Å². The van der Waals surface area contributed by atoms with E-state index in [1.165, 1.54) is 24.4 Å². The third-order valence-corrected chi connectivity index (χ3v) is 5.41. The third-order valence-electron chi connectivity index (χ3n) is 5.41. The van der Waals surface area contributed by atoms with Gasteiger partial charge in [0.25, 0.3) is 5.56 Å². The molecule has 3 atom stereocenters. The molecule has 2 aromatic rings. The van der Waals surface area contributed by atoms with Crippen molar-refractivity contribution in [2.45, 2.75) is 51.6 Å². The van der Waals surface area contributed by atoms with Crippen LogP contribution in [0.3, 0.4) is 0 Å². The number of hydrogen-bond acceptors (Lipinski definition) is 4. The molecule has 3 rings (SSSR count). The average Bonchev–Trinajstić information content (AvgIpc) is 3.04. The van der Waals surface area contributed by atoms with Crippen LogP contribution < -0.4 is 16.6 Å². The highest BCUT2D eigenvalue weighted by atomic mass is 16.2. The van der Waals surface area contributed by atoms with Gasteiger partial charge >= 0.3 is 5.69 Å². The fraction of sp³-hybridized carbons (Fsp3) is 0.647. The van der Waals surface area contributed by atoms with Crippen molar-refractivity contribution in [3.63, 3.8) is 0 Å². The van der Waals surface area contributed by atoms with Gasteiger partial charge < -0.3 is 9.88 Å². The highest BCUT2D eigenvalue weighted by Gasteiger charge is 2.27. The maximum absolute atomic E-state index is 12.7. The van der Waals surface area contributed by atoms with Crippen LogP contribution in [-0.2, 0) is 18.9 Å². The van der Waals surface area contributed by atoms with Crippen molar-refractivity contribution in [2.75, 3.05) is 0 Å². The van der Waals surface area contributed by atoms with E-state index >= 15 is 0 Å². The van der Waals surface area contributed by atoms with Gasteiger partial charge in [0.1, 0.15) is 6.04 Å². The molecule has 8 heteroatoms. The van der Waals surface area contributed by atoms with Crippen LogP contribution in [0.2, 0.25) is 0 Å². The Morgan fingerprint density at radius 1 is 1.24 bits per heavy atom. The molecule has 1 aliphatic rings. The summed E-state index contributed by atoms with van der Waals surface area (Å²) in [5.74, 6) is 0.326. The van der Waals surface area contributed by atoms with Gasteiger partial charge in [0.05, 0.1) is 6.33 Å². The largest absolute Gasteiger partial charge is 0.351 e. The number of nitrogens with zero attached hydrogens (tertiary/aromatic N) is 4. The molecule has 0 aromatic carbocycles. The molecule has 0 bridgehead atoms. The number of imidazole rings is 1. The summed E-state index contributed by atoms with van der Waals surface area (Å²) in [4.78, 5) is 41.4. The Labute approximate surface area is 145 Å². The summed E-state index contributed by atoms with van der Waals surface area (Å²) < 4.78 is 3.91. The topological polar surface area (TPSA) is 90.9 Å². The molecule has 0 saturated heterocycles. The number of carbonyl (C=O) groups is 1. The summed E-state index contributed by atoms with van der Waals surface area (Å²) in [6.07, 6.45) is 5.90. The lowest BCUT2D eigenvalue weighted by atomic mass is 9.86. The van der Waals surface area contributed by atoms with Crippen LogP contribution in [0.4, 0.5) is 0 Å². The molecule has 1 N–H and O–H groups in total. The minimum absolute atomic E-state index is 0.131. The van der Waals surface area contributed by atoms with Gasteiger partial charge in [-0.05, 0) is 25.7 Å². The minimum Gasteiger partial charge on any atom is -0.351 e. The number of carbonyl (C=O) groups excluding carboxylic acids is 1. The first-order valence-electron chi connectivity index (χ1n) is 8.75. The molecule has 2 aromatic heterocycles. The third kappa shape index (κ3) is 2.89. The van der Waals surface area contributed by atoms with Crippen LogP contribution in [0.5, 0.6) is 0 Å². The molecule has 8 nitrogen and oxygen atoms in total. The van der Waals surface area contributed by atoms with Gasteiger partial charge in [-0.15, -0.1) is 0 Å². The number of fused-ring (bicyclic) bond motifs is 1. The van der Waals surface area contributed by atoms with Crippen molar-refractivity contribution in [3.05, 3.63) is 27.2 Å². The van der Waals surface area contributed by atoms with Crippen LogP contribution in [0, 0.1) is 5.92 Å². The van der Waals surface area contributed by atoms with Gasteiger partial charge in [-0.25, -0.2) is 9.78 Å². The maximum atomic E-state index is 12.7. The predicted molar refractivity (Wildman–Crippen MR) is 94.5 cm³/mol. The molecule has 1 saturated carbocycles. The van der Waals surface area contributed by atoms with Gasteiger partial charge in [0.15, 0.2) is 11.2 Å². The lowest BCUT2D eigenvalue weighted by molar-refractivity contribution is -0.125. The van der Waals surface area contributed by atoms with Crippen LogP contribution in [0.25, 0.3) is 11.2 Å². The second-order valence-electron chi connectivity index (χ2n) is 7.08. The summed E-state index contributed by atoms with van der Waals surface area (Å²) in [5.41, 5.74) is -0.320. The Bertz CT molecular complexity index is 923. The number of aromatic nitrogens is 4. The van der Waals surface area contributed by atoms with E-state index in [1.807, 2.05) is 0 Å². The fourth-order valence-electron chi connectivity index (χ4n) is 3.62. The Morgan fingerprint density at radius 3 is 2.60 bits per heavy atom. The fourth-order valence-corrected chi connectivity index (χ4v) is 3.62. The van der Waals surface area contributed by atoms with Crippen molar-refractivity contribution in [3.8, 4) is 0 Å². The van der Waals surface area contributed by atoms with E-state index < -0.39 is 17.3 Å². The van der Waals surface area contributed by atoms with Crippen LogP contribution >= 0.6 is 0 Å². The predicted octanol–water partition coefficient (Wildman–Crippen LogP) is 0.690. The van der Waals surface area contributed by atoms with E-state index in [2.05, 4.69) is 17.2 Å². The monoisotopic (exact) mass is 347 g/mol. The molecule has 1 aliphatic carbocycles. The second kappa shape index (κ2) is 6.50. The van der Waals surface area contributed by atoms with E-state index in [1.54, 1.807) is 18.5 Å². The van der Waals surface area contributed by atoms with Gasteiger partial charge in [-0.3, -0.25) is 18.7 Å². The lowest BCUT2D eigenvalue weighted by Gasteiger charge is -2.30. The SMILES string of the molecule is CC1CCCCC1NC(=O)C(C)n1cnc2c1c(=O)n(C)c(=O)n2C. The second-order valence-corrected chi connectivity index (χ2v) is 7.08. The summed E-state index contributed by atoms with van der Waals surface area (Å²) in [5, 5.41) is 3.12. The normalized spacial score (nSPS) is 22.1. The van der Waals surface area contributed by atoms with Crippen LogP contribution in [0.15, 0.2) is 15.9 Å². The molecule has 1 amide bonds. The average molecular weight is 347 g/mol. The molecule has 0 aliphatic heterocycles. The first kappa shape index (κ1) is 17.4. The molecule has 0 spiro atoms. The minimum atomic E-state index is -0.579. The van der Waals surface area contributed by atoms with Crippen molar-refractivity contribution in [1.29, 1.82) is 0 Å². The Morgan fingerprint density at radius 2 is 1.92 bits per heavy atom. The van der Waals surface area contributed by atoms with Crippen molar-refractivity contribution < 1.29 is 4.79 Å². The smallest absolute Gasteiger partial charge is 0.332 e. The summed E-state index contributed by atoms with van der Waals surface area (Å²) in [7, 11) is 2.99. The Kier molecular flexibility index (Phi) is 4.53. The van der Waals surface area contributed by atoms with E-state index in [0.29, 0.717) is 11.6 Å². The maximum Gasteiger partial charge on any atom is 0.332 e. The van der Waals surface area contributed by atoms with Gasteiger partial charge in [-0.1, -0.05) is 19.8 Å². The number of hydrogen-bond donors (Lipinski definition) is 1. The zero-order valence-corrected chi connectivity index (χ0v) is 15.2. The quantitative estimate of drug-likeness (QED) is 0.884. The number of aryl methyl sites for hydroxylation is 1. The van der Waals surface area contributed by atoms with Crippen molar-refractivity contribution in [2.24, 2.45) is 20.0 Å². The molecule has 136 valence electrons. The molecule has 3 unspecified atom stereocenters. The van der Waals surface area contributed by atoms with Crippen molar-refractivity contribution in [1.82, 2.24) is 24.0 Å². The van der Waals surface area contributed by atoms with E-state index in [9.17, 15) is 14.4 Å². The standard InChI is InChI=1S/C17H25N5O3/c1-10-7-5-6-8-12(10)19-15(23)11(2)22-9-18-14-13(22)16(24)21(4)17(25)20(14)3/h9-12H,5-8H2,1-4H3,(H,19,23). The van der Waals surface area contributed by atoms with E-state index in [-0.39, 0.29) is 17.5 Å². The summed E-state index contributed by atoms with van der Waals surface area (Å²) in [6, 6.07) is -0.407. The Balaban J connectivity index is 1.95. The van der Waals surface area contributed by atoms with Crippen molar-refractivity contribution >= 4 is 17.1 Å². The number of amides is 1. The lowest BCUT2D eigenvalue weighted by Crippen LogP contribution is -2.44. The highest BCUT2D eigenvalue weighted by Crippen LogP contribution is 2.24. The van der Waals surface area contributed by atoms with Gasteiger partial charge in [-0.2, -0.15) is 0 Å². The molecule has 25 heavy (non-hydrogen) atoms. The molecule has 1 fully saturated rings. The zero-order valence-electron chi connectivity index (χ0n) is 15.2. The highest BCUT2D eigenvalue weighted by molar-refractivity contribution is 5.82. The van der Waals surface area contributed by atoms with Crippen LogP contribution in [-0.4, -0.2) is 30.6 Å². The molecular weight excluding hydrogens is 322 g/mol. The summed E-state index contributed by atoms with van der Waals surface area (Å²) in [6.45, 7) is 3.90. The first-order chi connectivity index (χ1) is 11.8. The van der Waals surface area contributed by atoms with Crippen LogP contribution in [0.1, 0.15) is 45.6 Å². The molecular formula is C17H25N5O3. The number of rotatable bonds is 3. The zero-order chi connectivity index (χ0) is 18.3. The molecule has 2 heterocycles. The number of nitrogens with one attached hydrogen (secondary N) is 1. The summed E-state index contributed by atoms with van der Waals surface area (Å²) >= 11 is 0. The first-order valence-corrected chi connectivity index (χ1v) is 8.75. The van der Waals surface area contributed by atoms with Gasteiger partial charge in [0.2, 0.25) is 5.91 Å². The van der Waals surface area contributed by atoms with E-state index in [0.717, 1.165) is 23.8 Å². The molecule has 0 radical (unpaired) electrons. The van der Waals surface area contributed by atoms with Gasteiger partial charge in [0, 0.05) is 20.1 Å².